The smallest absolute Gasteiger partial charge is 0.328 e. The zero-order chi connectivity index (χ0) is 17.3. The van der Waals surface area contributed by atoms with Crippen molar-refractivity contribution in [3.05, 3.63) is 52.5 Å². The lowest BCUT2D eigenvalue weighted by atomic mass is 10.1. The second-order valence-corrected chi connectivity index (χ2v) is 6.46. The molecule has 0 bridgehead atoms. The van der Waals surface area contributed by atoms with Crippen molar-refractivity contribution in [2.24, 2.45) is 14.1 Å². The molecule has 1 atom stereocenters. The fourth-order valence-electron chi connectivity index (χ4n) is 3.03. The van der Waals surface area contributed by atoms with Crippen molar-refractivity contribution in [2.45, 2.75) is 39.4 Å². The van der Waals surface area contributed by atoms with Crippen LogP contribution in [0.25, 0.3) is 11.0 Å². The summed E-state index contributed by atoms with van der Waals surface area (Å²) in [5.74, 6) is 1.05. The largest absolute Gasteiger partial charge is 0.335 e. The summed E-state index contributed by atoms with van der Waals surface area (Å²) in [7, 11) is 3.63. The van der Waals surface area contributed by atoms with Gasteiger partial charge in [-0.15, -0.1) is 0 Å². The van der Waals surface area contributed by atoms with Crippen LogP contribution in [0.2, 0.25) is 0 Å². The van der Waals surface area contributed by atoms with Gasteiger partial charge in [-0.1, -0.05) is 6.07 Å². The van der Waals surface area contributed by atoms with Crippen molar-refractivity contribution in [1.29, 1.82) is 0 Å². The number of benzene rings is 1. The minimum atomic E-state index is 0.0131. The zero-order valence-corrected chi connectivity index (χ0v) is 14.8. The highest BCUT2D eigenvalue weighted by molar-refractivity contribution is 5.76. The lowest BCUT2D eigenvalue weighted by molar-refractivity contribution is 0.472. The molecule has 1 unspecified atom stereocenters. The molecule has 3 aromatic rings. The maximum atomic E-state index is 12.0. The van der Waals surface area contributed by atoms with Gasteiger partial charge < -0.3 is 9.88 Å². The van der Waals surface area contributed by atoms with Gasteiger partial charge in [-0.2, -0.15) is 0 Å². The van der Waals surface area contributed by atoms with E-state index in [0.29, 0.717) is 6.04 Å². The van der Waals surface area contributed by atoms with Crippen molar-refractivity contribution >= 4 is 11.0 Å². The molecule has 2 heterocycles. The molecular formula is C18H25N5O. The highest BCUT2D eigenvalue weighted by Crippen LogP contribution is 2.14. The Balaban J connectivity index is 1.62. The first-order valence-corrected chi connectivity index (χ1v) is 8.33. The van der Waals surface area contributed by atoms with E-state index in [2.05, 4.69) is 33.9 Å². The Morgan fingerprint density at radius 3 is 2.67 bits per heavy atom. The fraction of sp³-hybridized carbons (Fsp3) is 0.444. The summed E-state index contributed by atoms with van der Waals surface area (Å²) in [6, 6.07) is 6.60. The van der Waals surface area contributed by atoms with E-state index in [9.17, 15) is 4.79 Å². The first kappa shape index (κ1) is 16.5. The summed E-state index contributed by atoms with van der Waals surface area (Å²) < 4.78 is 5.55. The van der Waals surface area contributed by atoms with Gasteiger partial charge in [0.25, 0.3) is 0 Å². The topological polar surface area (TPSA) is 56.8 Å². The van der Waals surface area contributed by atoms with E-state index in [-0.39, 0.29) is 5.69 Å². The van der Waals surface area contributed by atoms with Crippen LogP contribution >= 0.6 is 0 Å². The number of aryl methyl sites for hydroxylation is 4. The third-order valence-electron chi connectivity index (χ3n) is 4.72. The number of aromatic nitrogens is 4. The molecule has 128 valence electrons. The average Bonchev–Trinajstić information content (AvgIpc) is 3.08. The first-order valence-electron chi connectivity index (χ1n) is 8.33. The van der Waals surface area contributed by atoms with Crippen LogP contribution in [-0.2, 0) is 27.2 Å². The molecule has 2 aromatic heterocycles. The second kappa shape index (κ2) is 6.65. The molecule has 24 heavy (non-hydrogen) atoms. The summed E-state index contributed by atoms with van der Waals surface area (Å²) in [5, 5.41) is 3.56. The molecule has 3 rings (SSSR count). The quantitative estimate of drug-likeness (QED) is 0.753. The molecule has 6 nitrogen and oxygen atoms in total. The summed E-state index contributed by atoms with van der Waals surface area (Å²) in [6.45, 7) is 5.98. The van der Waals surface area contributed by atoms with Gasteiger partial charge in [0.2, 0.25) is 0 Å². The fourth-order valence-corrected chi connectivity index (χ4v) is 3.03. The second-order valence-electron chi connectivity index (χ2n) is 6.46. The van der Waals surface area contributed by atoms with E-state index in [1.165, 1.54) is 5.56 Å². The van der Waals surface area contributed by atoms with E-state index in [0.717, 1.165) is 36.4 Å². The number of hydrogen-bond acceptors (Lipinski definition) is 3. The normalized spacial score (nSPS) is 12.8. The van der Waals surface area contributed by atoms with Gasteiger partial charge in [-0.25, -0.2) is 9.78 Å². The molecule has 0 fully saturated rings. The number of nitrogens with one attached hydrogen (secondary N) is 1. The van der Waals surface area contributed by atoms with Crippen LogP contribution < -0.4 is 11.0 Å². The summed E-state index contributed by atoms with van der Waals surface area (Å²) in [5.41, 5.74) is 3.15. The standard InChI is InChI=1S/C18H25N5O/c1-13(7-9-23-10-8-19-14(23)2)20-12-15-5-6-16-17(11-15)22(4)18(24)21(16)3/h5-6,8,10-11,13,20H,7,9,12H2,1-4H3. The molecule has 0 aliphatic carbocycles. The minimum absolute atomic E-state index is 0.0131. The average molecular weight is 327 g/mol. The number of fused-ring (bicyclic) bond motifs is 1. The van der Waals surface area contributed by atoms with Gasteiger partial charge in [-0.3, -0.25) is 9.13 Å². The first-order chi connectivity index (χ1) is 11.5. The Bertz CT molecular complexity index is 902. The third kappa shape index (κ3) is 3.14. The monoisotopic (exact) mass is 327 g/mol. The van der Waals surface area contributed by atoms with Crippen LogP contribution in [0, 0.1) is 6.92 Å². The number of nitrogens with zero attached hydrogens (tertiary/aromatic N) is 4. The van der Waals surface area contributed by atoms with Gasteiger partial charge in [0.1, 0.15) is 5.82 Å². The number of imidazole rings is 2. The highest BCUT2D eigenvalue weighted by atomic mass is 16.1. The molecule has 6 heteroatoms. The molecule has 0 aliphatic rings. The van der Waals surface area contributed by atoms with Crippen LogP contribution in [0.4, 0.5) is 0 Å². The molecule has 0 spiro atoms. The minimum Gasteiger partial charge on any atom is -0.335 e. The Labute approximate surface area is 141 Å². The van der Waals surface area contributed by atoms with Gasteiger partial charge in [0.15, 0.2) is 0 Å². The Morgan fingerprint density at radius 1 is 1.21 bits per heavy atom. The van der Waals surface area contributed by atoms with Crippen molar-refractivity contribution in [3.63, 3.8) is 0 Å². The van der Waals surface area contributed by atoms with Crippen LogP contribution in [-0.4, -0.2) is 24.7 Å². The zero-order valence-electron chi connectivity index (χ0n) is 14.8. The summed E-state index contributed by atoms with van der Waals surface area (Å²) in [4.78, 5) is 16.2. The lowest BCUT2D eigenvalue weighted by Gasteiger charge is -2.15. The van der Waals surface area contributed by atoms with E-state index in [1.54, 1.807) is 9.13 Å². The molecule has 1 N–H and O–H groups in total. The van der Waals surface area contributed by atoms with Crippen LogP contribution in [0.15, 0.2) is 35.4 Å². The molecule has 0 saturated carbocycles. The van der Waals surface area contributed by atoms with Crippen molar-refractivity contribution in [1.82, 2.24) is 24.0 Å². The molecule has 1 aromatic carbocycles. The summed E-state index contributed by atoms with van der Waals surface area (Å²) >= 11 is 0. The van der Waals surface area contributed by atoms with E-state index < -0.39 is 0 Å². The van der Waals surface area contributed by atoms with E-state index in [1.807, 2.05) is 39.5 Å². The van der Waals surface area contributed by atoms with Crippen LogP contribution in [0.3, 0.4) is 0 Å². The Kier molecular flexibility index (Phi) is 4.57. The summed E-state index contributed by atoms with van der Waals surface area (Å²) in [6.07, 6.45) is 4.90. The Morgan fingerprint density at radius 2 is 1.96 bits per heavy atom. The van der Waals surface area contributed by atoms with Gasteiger partial charge in [0, 0.05) is 45.6 Å². The van der Waals surface area contributed by atoms with Crippen molar-refractivity contribution in [2.75, 3.05) is 0 Å². The van der Waals surface area contributed by atoms with Crippen molar-refractivity contribution < 1.29 is 0 Å². The molecule has 0 amide bonds. The third-order valence-corrected chi connectivity index (χ3v) is 4.72. The van der Waals surface area contributed by atoms with E-state index in [4.69, 9.17) is 0 Å². The van der Waals surface area contributed by atoms with Crippen molar-refractivity contribution in [3.8, 4) is 0 Å². The molecule has 0 aliphatic heterocycles. The van der Waals surface area contributed by atoms with Crippen LogP contribution in [0.5, 0.6) is 0 Å². The van der Waals surface area contributed by atoms with Crippen LogP contribution in [0.1, 0.15) is 24.7 Å². The predicted molar refractivity (Wildman–Crippen MR) is 96.0 cm³/mol. The maximum absolute atomic E-state index is 12.0. The number of rotatable bonds is 6. The SMILES string of the molecule is Cc1nccn1CCC(C)NCc1ccc2c(c1)n(C)c(=O)n2C. The predicted octanol–water partition coefficient (Wildman–Crippen LogP) is 1.95. The molecule has 0 radical (unpaired) electrons. The van der Waals surface area contributed by atoms with Gasteiger partial charge >= 0.3 is 5.69 Å². The highest BCUT2D eigenvalue weighted by Gasteiger charge is 2.09. The number of hydrogen-bond donors (Lipinski definition) is 1. The van der Waals surface area contributed by atoms with E-state index >= 15 is 0 Å². The van der Waals surface area contributed by atoms with Gasteiger partial charge in [0.05, 0.1) is 11.0 Å². The molecule has 0 saturated heterocycles. The maximum Gasteiger partial charge on any atom is 0.328 e. The van der Waals surface area contributed by atoms with Gasteiger partial charge in [-0.05, 0) is 38.0 Å². The lowest BCUT2D eigenvalue weighted by Crippen LogP contribution is -2.26. The Hall–Kier alpha value is -2.34. The molecular weight excluding hydrogens is 302 g/mol.